The van der Waals surface area contributed by atoms with Gasteiger partial charge in [-0.25, -0.2) is 4.39 Å². The molecule has 0 fully saturated rings. The quantitative estimate of drug-likeness (QED) is 0.377. The zero-order valence-electron chi connectivity index (χ0n) is 17.3. The van der Waals surface area contributed by atoms with Gasteiger partial charge < -0.3 is 10.4 Å². The number of nitrogens with zero attached hydrogens (tertiary/aromatic N) is 4. The number of amides is 1. The van der Waals surface area contributed by atoms with Gasteiger partial charge in [-0.2, -0.15) is 4.68 Å². The van der Waals surface area contributed by atoms with Gasteiger partial charge >= 0.3 is 5.97 Å². The highest BCUT2D eigenvalue weighted by atomic mass is 35.5. The first-order valence-corrected chi connectivity index (χ1v) is 11.0. The van der Waals surface area contributed by atoms with Gasteiger partial charge in [0.25, 0.3) is 0 Å². The van der Waals surface area contributed by atoms with Crippen LogP contribution in [0.5, 0.6) is 0 Å². The minimum absolute atomic E-state index is 0.0575. The summed E-state index contributed by atoms with van der Waals surface area (Å²) >= 11 is 13.4. The molecule has 3 rings (SSSR count). The lowest BCUT2D eigenvalue weighted by atomic mass is 9.94. The lowest BCUT2D eigenvalue weighted by molar-refractivity contribution is -0.143. The van der Waals surface area contributed by atoms with E-state index in [0.717, 1.165) is 11.8 Å². The van der Waals surface area contributed by atoms with Gasteiger partial charge in [0, 0.05) is 11.6 Å². The van der Waals surface area contributed by atoms with Gasteiger partial charge in [0.15, 0.2) is 0 Å². The first-order chi connectivity index (χ1) is 15.6. The molecule has 12 heteroatoms. The molecule has 0 spiro atoms. The molecule has 3 aromatic rings. The van der Waals surface area contributed by atoms with Crippen molar-refractivity contribution in [1.29, 1.82) is 0 Å². The summed E-state index contributed by atoms with van der Waals surface area (Å²) in [5.41, 5.74) is -0.0943. The molecule has 8 nitrogen and oxygen atoms in total. The van der Waals surface area contributed by atoms with Crippen LogP contribution in [-0.4, -0.2) is 42.9 Å². The van der Waals surface area contributed by atoms with Crippen LogP contribution in [0.3, 0.4) is 0 Å². The van der Waals surface area contributed by atoms with Crippen LogP contribution < -0.4 is 5.32 Å². The van der Waals surface area contributed by atoms with E-state index in [4.69, 9.17) is 28.3 Å². The van der Waals surface area contributed by atoms with Crippen molar-refractivity contribution in [2.75, 3.05) is 11.1 Å². The molecule has 0 bridgehead atoms. The van der Waals surface area contributed by atoms with E-state index in [1.165, 1.54) is 42.8 Å². The van der Waals surface area contributed by atoms with Crippen LogP contribution in [0.4, 0.5) is 10.1 Å². The summed E-state index contributed by atoms with van der Waals surface area (Å²) in [6, 6.07) is 8.50. The fourth-order valence-corrected chi connectivity index (χ4v) is 3.47. The average molecular weight is 508 g/mol. The zero-order chi connectivity index (χ0) is 24.2. The highest BCUT2D eigenvalue weighted by molar-refractivity contribution is 7.99. The minimum Gasteiger partial charge on any atom is -0.480 e. The normalized spacial score (nSPS) is 10.9. The van der Waals surface area contributed by atoms with Gasteiger partial charge in [-0.05, 0) is 54.6 Å². The van der Waals surface area contributed by atoms with Gasteiger partial charge in [0.1, 0.15) is 11.2 Å². The molecule has 1 heterocycles. The molecule has 0 saturated carbocycles. The second kappa shape index (κ2) is 10.2. The third-order valence-corrected chi connectivity index (χ3v) is 5.76. The summed E-state index contributed by atoms with van der Waals surface area (Å²) in [7, 11) is 0. The Morgan fingerprint density at radius 1 is 1.21 bits per heavy atom. The molecule has 0 atom stereocenters. The number of nitrogens with one attached hydrogen (secondary N) is 1. The number of hydrogen-bond acceptors (Lipinski definition) is 6. The van der Waals surface area contributed by atoms with E-state index in [-0.39, 0.29) is 32.5 Å². The Labute approximate surface area is 202 Å². The SMILES string of the molecule is CC(C)(C#Cc1ccc(NC(=O)CSc2nnnn2-c2cc(F)ccc2Cl)c(Cl)c1)C(=O)O. The first kappa shape index (κ1) is 24.5. The maximum Gasteiger partial charge on any atom is 0.321 e. The number of hydrogen-bond donors (Lipinski definition) is 2. The number of carbonyl (C=O) groups is 2. The van der Waals surface area contributed by atoms with Gasteiger partial charge in [0.2, 0.25) is 11.1 Å². The maximum atomic E-state index is 13.6. The Balaban J connectivity index is 1.66. The predicted octanol–water partition coefficient (Wildman–Crippen LogP) is 4.30. The number of aromatic nitrogens is 4. The van der Waals surface area contributed by atoms with E-state index in [0.29, 0.717) is 11.3 Å². The third-order valence-electron chi connectivity index (χ3n) is 4.21. The standard InChI is InChI=1S/C21H16Cl2FN5O3S/c1-21(2,19(31)32)8-7-12-3-6-16(15(23)9-12)25-18(30)11-33-20-26-27-28-29(20)17-10-13(24)4-5-14(17)22/h3-6,9-10H,11H2,1-2H3,(H,25,30)(H,31,32). The number of anilines is 1. The number of thioether (sulfide) groups is 1. The number of aliphatic carboxylic acids is 1. The van der Waals surface area contributed by atoms with Crippen LogP contribution in [0.2, 0.25) is 10.0 Å². The van der Waals surface area contributed by atoms with Crippen molar-refractivity contribution >= 4 is 52.5 Å². The van der Waals surface area contributed by atoms with E-state index >= 15 is 0 Å². The van der Waals surface area contributed by atoms with Crippen molar-refractivity contribution < 1.29 is 19.1 Å². The number of carboxylic acids is 1. The molecular weight excluding hydrogens is 492 g/mol. The van der Waals surface area contributed by atoms with Gasteiger partial charge in [-0.1, -0.05) is 46.8 Å². The Hall–Kier alpha value is -3.13. The van der Waals surface area contributed by atoms with Crippen LogP contribution in [0.1, 0.15) is 19.4 Å². The second-order valence-electron chi connectivity index (χ2n) is 7.18. The van der Waals surface area contributed by atoms with E-state index < -0.39 is 17.2 Å². The third kappa shape index (κ3) is 6.22. The van der Waals surface area contributed by atoms with Crippen molar-refractivity contribution in [2.24, 2.45) is 5.41 Å². The fraction of sp³-hybridized carbons (Fsp3) is 0.190. The summed E-state index contributed by atoms with van der Waals surface area (Å²) in [6.07, 6.45) is 0. The molecule has 33 heavy (non-hydrogen) atoms. The van der Waals surface area contributed by atoms with Crippen molar-refractivity contribution in [1.82, 2.24) is 20.2 Å². The highest BCUT2D eigenvalue weighted by Crippen LogP contribution is 2.26. The molecule has 2 N–H and O–H groups in total. The Bertz CT molecular complexity index is 1290. The van der Waals surface area contributed by atoms with E-state index in [9.17, 15) is 14.0 Å². The molecule has 0 radical (unpaired) electrons. The summed E-state index contributed by atoms with van der Waals surface area (Å²) in [6.45, 7) is 2.99. The van der Waals surface area contributed by atoms with E-state index in [1.54, 1.807) is 12.1 Å². The average Bonchev–Trinajstić information content (AvgIpc) is 3.22. The van der Waals surface area contributed by atoms with Crippen molar-refractivity contribution in [3.05, 3.63) is 57.8 Å². The van der Waals surface area contributed by atoms with Crippen LogP contribution in [0.15, 0.2) is 41.6 Å². The topological polar surface area (TPSA) is 110 Å². The Morgan fingerprint density at radius 2 is 1.97 bits per heavy atom. The molecule has 2 aromatic carbocycles. The number of benzene rings is 2. The predicted molar refractivity (Wildman–Crippen MR) is 123 cm³/mol. The highest BCUT2D eigenvalue weighted by Gasteiger charge is 2.24. The molecular formula is C21H16Cl2FN5O3S. The van der Waals surface area contributed by atoms with Crippen LogP contribution in [-0.2, 0) is 9.59 Å². The molecule has 1 amide bonds. The molecule has 0 aliphatic heterocycles. The maximum absolute atomic E-state index is 13.6. The molecule has 1 aromatic heterocycles. The number of halogens is 3. The summed E-state index contributed by atoms with van der Waals surface area (Å²) < 4.78 is 14.8. The van der Waals surface area contributed by atoms with Crippen molar-refractivity contribution in [3.8, 4) is 17.5 Å². The molecule has 0 aliphatic rings. The fourth-order valence-electron chi connectivity index (χ4n) is 2.36. The number of carbonyl (C=O) groups excluding carboxylic acids is 1. The number of tetrazole rings is 1. The second-order valence-corrected chi connectivity index (χ2v) is 8.94. The molecule has 0 aliphatic carbocycles. The summed E-state index contributed by atoms with van der Waals surface area (Å²) in [5, 5.41) is 23.7. The zero-order valence-corrected chi connectivity index (χ0v) is 19.6. The van der Waals surface area contributed by atoms with E-state index in [1.807, 2.05) is 0 Å². The van der Waals surface area contributed by atoms with Crippen LogP contribution in [0.25, 0.3) is 5.69 Å². The summed E-state index contributed by atoms with van der Waals surface area (Å²) in [4.78, 5) is 23.5. The van der Waals surface area contributed by atoms with Crippen LogP contribution >= 0.6 is 35.0 Å². The minimum atomic E-state index is -1.21. The van der Waals surface area contributed by atoms with Crippen molar-refractivity contribution in [2.45, 2.75) is 19.0 Å². The summed E-state index contributed by atoms with van der Waals surface area (Å²) in [5.74, 6) is 3.46. The van der Waals surface area contributed by atoms with Gasteiger partial charge in [-0.15, -0.1) is 5.10 Å². The van der Waals surface area contributed by atoms with E-state index in [2.05, 4.69) is 32.7 Å². The lowest BCUT2D eigenvalue weighted by Crippen LogP contribution is -2.21. The molecule has 0 unspecified atom stereocenters. The Morgan fingerprint density at radius 3 is 2.67 bits per heavy atom. The van der Waals surface area contributed by atoms with Gasteiger partial charge in [0.05, 0.1) is 27.2 Å². The smallest absolute Gasteiger partial charge is 0.321 e. The van der Waals surface area contributed by atoms with Gasteiger partial charge in [-0.3, -0.25) is 9.59 Å². The lowest BCUT2D eigenvalue weighted by Gasteiger charge is -2.10. The molecule has 0 saturated heterocycles. The largest absolute Gasteiger partial charge is 0.480 e. The monoisotopic (exact) mass is 507 g/mol. The van der Waals surface area contributed by atoms with Crippen molar-refractivity contribution in [3.63, 3.8) is 0 Å². The molecule has 170 valence electrons. The number of rotatable bonds is 6. The Kier molecular flexibility index (Phi) is 7.58. The first-order valence-electron chi connectivity index (χ1n) is 9.29. The number of carboxylic acid groups (broad SMARTS) is 1. The van der Waals surface area contributed by atoms with Crippen LogP contribution in [0, 0.1) is 23.1 Å².